The molecule has 0 unspecified atom stereocenters. The summed E-state index contributed by atoms with van der Waals surface area (Å²) in [5.74, 6) is 0. The summed E-state index contributed by atoms with van der Waals surface area (Å²) in [5.41, 5.74) is -1.07. The van der Waals surface area contributed by atoms with E-state index in [1.165, 1.54) is 0 Å². The molecule has 0 atom stereocenters. The van der Waals surface area contributed by atoms with Crippen LogP contribution in [-0.2, 0) is 0 Å². The summed E-state index contributed by atoms with van der Waals surface area (Å²) in [7, 11) is 0. The van der Waals surface area contributed by atoms with Gasteiger partial charge in [0, 0.05) is 32.5 Å². The summed E-state index contributed by atoms with van der Waals surface area (Å²) in [4.78, 5) is 2.18. The van der Waals surface area contributed by atoms with E-state index in [0.717, 1.165) is 19.6 Å². The Labute approximate surface area is 72.9 Å². The molecule has 0 amide bonds. The molecule has 1 rings (SSSR count). The summed E-state index contributed by atoms with van der Waals surface area (Å²) in [5, 5.41) is 18.2. The zero-order chi connectivity index (χ0) is 9.03. The van der Waals surface area contributed by atoms with Gasteiger partial charge in [-0.05, 0) is 0 Å². The predicted molar refractivity (Wildman–Crippen MR) is 46.4 cm³/mol. The number of piperidine rings is 1. The Morgan fingerprint density at radius 2 is 2.17 bits per heavy atom. The van der Waals surface area contributed by atoms with E-state index in [1.807, 2.05) is 12.1 Å². The highest BCUT2D eigenvalue weighted by atomic mass is 16.3. The molecular formula is C9H14N2O. The van der Waals surface area contributed by atoms with Crippen molar-refractivity contribution in [2.24, 2.45) is 0 Å². The van der Waals surface area contributed by atoms with Gasteiger partial charge in [-0.1, -0.05) is 6.08 Å². The molecule has 1 aliphatic rings. The second-order valence-corrected chi connectivity index (χ2v) is 3.23. The van der Waals surface area contributed by atoms with Crippen LogP contribution in [0, 0.1) is 11.3 Å². The number of rotatable bonds is 2. The lowest BCUT2D eigenvalue weighted by Gasteiger charge is -2.32. The first-order chi connectivity index (χ1) is 5.70. The van der Waals surface area contributed by atoms with Crippen LogP contribution in [0.3, 0.4) is 0 Å². The van der Waals surface area contributed by atoms with Crippen molar-refractivity contribution in [2.45, 2.75) is 18.4 Å². The molecule has 0 saturated carbocycles. The summed E-state index contributed by atoms with van der Waals surface area (Å²) in [6.45, 7) is 6.07. The molecule has 1 saturated heterocycles. The average Bonchev–Trinajstić information content (AvgIpc) is 2.10. The van der Waals surface area contributed by atoms with Crippen molar-refractivity contribution < 1.29 is 5.11 Å². The van der Waals surface area contributed by atoms with Crippen LogP contribution in [0.2, 0.25) is 0 Å². The maximum atomic E-state index is 9.55. The normalized spacial score (nSPS) is 23.0. The van der Waals surface area contributed by atoms with Crippen LogP contribution in [0.25, 0.3) is 0 Å². The summed E-state index contributed by atoms with van der Waals surface area (Å²) in [6.07, 6.45) is 2.95. The smallest absolute Gasteiger partial charge is 0.153 e. The van der Waals surface area contributed by atoms with E-state index in [9.17, 15) is 5.11 Å². The van der Waals surface area contributed by atoms with Crippen LogP contribution in [0.5, 0.6) is 0 Å². The molecule has 1 aliphatic heterocycles. The fraction of sp³-hybridized carbons (Fsp3) is 0.667. The molecule has 0 radical (unpaired) electrons. The Morgan fingerprint density at radius 3 is 2.58 bits per heavy atom. The van der Waals surface area contributed by atoms with Crippen molar-refractivity contribution in [1.29, 1.82) is 5.26 Å². The van der Waals surface area contributed by atoms with Gasteiger partial charge in [0.05, 0.1) is 6.07 Å². The highest BCUT2D eigenvalue weighted by Gasteiger charge is 2.31. The summed E-state index contributed by atoms with van der Waals surface area (Å²) in [6, 6.07) is 1.95. The third-order valence-corrected chi connectivity index (χ3v) is 2.28. The molecule has 0 spiro atoms. The second kappa shape index (κ2) is 3.70. The van der Waals surface area contributed by atoms with Gasteiger partial charge in [0.2, 0.25) is 0 Å². The standard InChI is InChI=1S/C9H14N2O/c1-2-5-11-6-3-9(12,8-10)4-7-11/h2,12H,1,3-7H2. The second-order valence-electron chi connectivity index (χ2n) is 3.23. The topological polar surface area (TPSA) is 47.3 Å². The molecular weight excluding hydrogens is 152 g/mol. The van der Waals surface area contributed by atoms with E-state index in [4.69, 9.17) is 5.26 Å². The molecule has 66 valence electrons. The van der Waals surface area contributed by atoms with Gasteiger partial charge in [0.25, 0.3) is 0 Å². The van der Waals surface area contributed by atoms with Crippen LogP contribution >= 0.6 is 0 Å². The SMILES string of the molecule is C=CCN1CCC(O)(C#N)CC1. The monoisotopic (exact) mass is 166 g/mol. The van der Waals surface area contributed by atoms with E-state index >= 15 is 0 Å². The first kappa shape index (κ1) is 9.24. The van der Waals surface area contributed by atoms with Crippen LogP contribution in [-0.4, -0.2) is 35.2 Å². The Bertz CT molecular complexity index is 199. The molecule has 1 heterocycles. The van der Waals surface area contributed by atoms with Gasteiger partial charge >= 0.3 is 0 Å². The van der Waals surface area contributed by atoms with Gasteiger partial charge in [-0.25, -0.2) is 0 Å². The van der Waals surface area contributed by atoms with E-state index < -0.39 is 5.60 Å². The lowest BCUT2D eigenvalue weighted by molar-refractivity contribution is 0.0290. The van der Waals surface area contributed by atoms with Crippen LogP contribution in [0.15, 0.2) is 12.7 Å². The fourth-order valence-corrected chi connectivity index (χ4v) is 1.40. The largest absolute Gasteiger partial charge is 0.375 e. The molecule has 0 aromatic rings. The predicted octanol–water partition coefficient (Wildman–Crippen LogP) is 0.523. The number of hydrogen-bond donors (Lipinski definition) is 1. The van der Waals surface area contributed by atoms with Gasteiger partial charge in [0.1, 0.15) is 0 Å². The van der Waals surface area contributed by atoms with Crippen LogP contribution in [0.4, 0.5) is 0 Å². The molecule has 3 nitrogen and oxygen atoms in total. The zero-order valence-corrected chi connectivity index (χ0v) is 7.16. The third-order valence-electron chi connectivity index (χ3n) is 2.28. The van der Waals surface area contributed by atoms with Crippen molar-refractivity contribution >= 4 is 0 Å². The average molecular weight is 166 g/mol. The third kappa shape index (κ3) is 2.07. The van der Waals surface area contributed by atoms with Crippen molar-refractivity contribution in [3.63, 3.8) is 0 Å². The molecule has 12 heavy (non-hydrogen) atoms. The van der Waals surface area contributed by atoms with Crippen LogP contribution < -0.4 is 0 Å². The number of likely N-dealkylation sites (tertiary alicyclic amines) is 1. The highest BCUT2D eigenvalue weighted by Crippen LogP contribution is 2.20. The van der Waals surface area contributed by atoms with Gasteiger partial charge in [0.15, 0.2) is 5.60 Å². The molecule has 0 aromatic carbocycles. The van der Waals surface area contributed by atoms with Crippen LogP contribution in [0.1, 0.15) is 12.8 Å². The van der Waals surface area contributed by atoms with Gasteiger partial charge < -0.3 is 5.11 Å². The maximum Gasteiger partial charge on any atom is 0.153 e. The van der Waals surface area contributed by atoms with Gasteiger partial charge in [-0.3, -0.25) is 4.90 Å². The van der Waals surface area contributed by atoms with Gasteiger partial charge in [-0.2, -0.15) is 5.26 Å². The van der Waals surface area contributed by atoms with Crippen molar-refractivity contribution in [2.75, 3.05) is 19.6 Å². The lowest BCUT2D eigenvalue weighted by Crippen LogP contribution is -2.43. The number of aliphatic hydroxyl groups is 1. The number of hydrogen-bond acceptors (Lipinski definition) is 3. The molecule has 1 N–H and O–H groups in total. The Balaban J connectivity index is 2.40. The van der Waals surface area contributed by atoms with E-state index in [2.05, 4.69) is 11.5 Å². The molecule has 0 bridgehead atoms. The minimum atomic E-state index is -1.07. The quantitative estimate of drug-likeness (QED) is 0.480. The number of nitriles is 1. The summed E-state index contributed by atoms with van der Waals surface area (Å²) >= 11 is 0. The van der Waals surface area contributed by atoms with E-state index in [1.54, 1.807) is 0 Å². The lowest BCUT2D eigenvalue weighted by atomic mass is 9.93. The Hall–Kier alpha value is -0.850. The molecule has 0 aromatic heterocycles. The number of nitrogens with zero attached hydrogens (tertiary/aromatic N) is 2. The van der Waals surface area contributed by atoms with Gasteiger partial charge in [-0.15, -0.1) is 6.58 Å². The Kier molecular flexibility index (Phi) is 2.85. The zero-order valence-electron chi connectivity index (χ0n) is 7.16. The summed E-state index contributed by atoms with van der Waals surface area (Å²) < 4.78 is 0. The highest BCUT2D eigenvalue weighted by molar-refractivity contribution is 5.03. The fourth-order valence-electron chi connectivity index (χ4n) is 1.40. The van der Waals surface area contributed by atoms with Crippen molar-refractivity contribution in [3.8, 4) is 6.07 Å². The van der Waals surface area contributed by atoms with Crippen molar-refractivity contribution in [3.05, 3.63) is 12.7 Å². The maximum absolute atomic E-state index is 9.55. The minimum Gasteiger partial charge on any atom is -0.375 e. The molecule has 3 heteroatoms. The van der Waals surface area contributed by atoms with E-state index in [-0.39, 0.29) is 0 Å². The first-order valence-corrected chi connectivity index (χ1v) is 4.17. The van der Waals surface area contributed by atoms with Crippen molar-refractivity contribution in [1.82, 2.24) is 4.90 Å². The first-order valence-electron chi connectivity index (χ1n) is 4.17. The molecule has 0 aliphatic carbocycles. The Morgan fingerprint density at radius 1 is 1.58 bits per heavy atom. The minimum absolute atomic E-state index is 0.553. The van der Waals surface area contributed by atoms with E-state index in [0.29, 0.717) is 12.8 Å². The molecule has 1 fully saturated rings.